The van der Waals surface area contributed by atoms with Gasteiger partial charge in [-0.15, -0.1) is 0 Å². The summed E-state index contributed by atoms with van der Waals surface area (Å²) in [5.74, 6) is 1.78. The molecule has 23 heavy (non-hydrogen) atoms. The fourth-order valence-electron chi connectivity index (χ4n) is 4.06. The number of hydrogen-bond donors (Lipinski definition) is 1. The average molecular weight is 313 g/mol. The van der Waals surface area contributed by atoms with Crippen molar-refractivity contribution in [2.45, 2.75) is 50.7 Å². The Kier molecular flexibility index (Phi) is 4.14. The molecule has 1 N–H and O–H groups in total. The van der Waals surface area contributed by atoms with Crippen molar-refractivity contribution in [1.82, 2.24) is 15.0 Å². The highest BCUT2D eigenvalue weighted by Gasteiger charge is 2.37. The SMILES string of the molecule is OCc1cccc(-c2noc([C@@H]3CCCN4CCCC[C@H]34)n2)c1. The maximum Gasteiger partial charge on any atom is 0.231 e. The Bertz CT molecular complexity index is 668. The molecule has 0 unspecified atom stereocenters. The van der Waals surface area contributed by atoms with Crippen LogP contribution in [-0.2, 0) is 6.61 Å². The van der Waals surface area contributed by atoms with Gasteiger partial charge in [0.1, 0.15) is 0 Å². The van der Waals surface area contributed by atoms with Crippen molar-refractivity contribution in [3.8, 4) is 11.4 Å². The Morgan fingerprint density at radius 1 is 1.17 bits per heavy atom. The molecule has 2 atom stereocenters. The largest absolute Gasteiger partial charge is 0.392 e. The predicted octanol–water partition coefficient (Wildman–Crippen LogP) is 2.96. The van der Waals surface area contributed by atoms with Crippen molar-refractivity contribution in [1.29, 1.82) is 0 Å². The monoisotopic (exact) mass is 313 g/mol. The minimum absolute atomic E-state index is 0.0260. The molecular weight excluding hydrogens is 290 g/mol. The third-order valence-corrected chi connectivity index (χ3v) is 5.22. The van der Waals surface area contributed by atoms with Crippen LogP contribution in [0.5, 0.6) is 0 Å². The Labute approximate surface area is 136 Å². The van der Waals surface area contributed by atoms with Crippen LogP contribution >= 0.6 is 0 Å². The highest BCUT2D eigenvalue weighted by molar-refractivity contribution is 5.55. The first kappa shape index (κ1) is 14.8. The van der Waals surface area contributed by atoms with E-state index in [4.69, 9.17) is 4.52 Å². The molecule has 0 spiro atoms. The van der Waals surface area contributed by atoms with Crippen LogP contribution in [0.15, 0.2) is 28.8 Å². The van der Waals surface area contributed by atoms with Crippen LogP contribution in [0.4, 0.5) is 0 Å². The van der Waals surface area contributed by atoms with Gasteiger partial charge in [-0.05, 0) is 50.4 Å². The number of fused-ring (bicyclic) bond motifs is 1. The second kappa shape index (κ2) is 6.42. The average Bonchev–Trinajstić information content (AvgIpc) is 3.11. The van der Waals surface area contributed by atoms with E-state index in [1.165, 1.54) is 38.8 Å². The molecule has 4 rings (SSSR count). The molecule has 1 aromatic heterocycles. The third kappa shape index (κ3) is 2.91. The summed E-state index contributed by atoms with van der Waals surface area (Å²) < 4.78 is 5.63. The van der Waals surface area contributed by atoms with Crippen molar-refractivity contribution in [3.05, 3.63) is 35.7 Å². The lowest BCUT2D eigenvalue weighted by molar-refractivity contribution is 0.0774. The van der Waals surface area contributed by atoms with E-state index in [1.807, 2.05) is 24.3 Å². The second-order valence-corrected chi connectivity index (χ2v) is 6.66. The van der Waals surface area contributed by atoms with Crippen LogP contribution < -0.4 is 0 Å². The van der Waals surface area contributed by atoms with Crippen LogP contribution in [0.25, 0.3) is 11.4 Å². The topological polar surface area (TPSA) is 62.4 Å². The maximum atomic E-state index is 9.28. The van der Waals surface area contributed by atoms with Crippen molar-refractivity contribution in [3.63, 3.8) is 0 Å². The molecular formula is C18H23N3O2. The number of benzene rings is 1. The van der Waals surface area contributed by atoms with Crippen LogP contribution in [0.1, 0.15) is 49.5 Å². The van der Waals surface area contributed by atoms with Crippen molar-refractivity contribution < 1.29 is 9.63 Å². The Hall–Kier alpha value is -1.72. The van der Waals surface area contributed by atoms with Gasteiger partial charge in [0.25, 0.3) is 0 Å². The van der Waals surface area contributed by atoms with Crippen LogP contribution in [0.3, 0.4) is 0 Å². The van der Waals surface area contributed by atoms with E-state index in [9.17, 15) is 5.11 Å². The van der Waals surface area contributed by atoms with Gasteiger partial charge in [-0.25, -0.2) is 0 Å². The zero-order chi connectivity index (χ0) is 15.6. The number of aliphatic hydroxyl groups excluding tert-OH is 1. The number of aliphatic hydroxyl groups is 1. The molecule has 2 fully saturated rings. The van der Waals surface area contributed by atoms with Crippen molar-refractivity contribution in [2.75, 3.05) is 13.1 Å². The molecule has 5 heteroatoms. The first-order valence-electron chi connectivity index (χ1n) is 8.63. The first-order valence-corrected chi connectivity index (χ1v) is 8.63. The van der Waals surface area contributed by atoms with Gasteiger partial charge in [0.05, 0.1) is 12.5 Å². The van der Waals surface area contributed by atoms with E-state index in [1.54, 1.807) is 0 Å². The molecule has 2 aliphatic rings. The number of nitrogens with zero attached hydrogens (tertiary/aromatic N) is 3. The number of aromatic nitrogens is 2. The molecule has 0 radical (unpaired) electrons. The second-order valence-electron chi connectivity index (χ2n) is 6.66. The minimum Gasteiger partial charge on any atom is -0.392 e. The predicted molar refractivity (Wildman–Crippen MR) is 86.8 cm³/mol. The molecule has 2 aromatic rings. The van der Waals surface area contributed by atoms with E-state index < -0.39 is 0 Å². The van der Waals surface area contributed by atoms with Crippen LogP contribution in [0, 0.1) is 0 Å². The Morgan fingerprint density at radius 3 is 3.00 bits per heavy atom. The maximum absolute atomic E-state index is 9.28. The van der Waals surface area contributed by atoms with Crippen molar-refractivity contribution in [2.24, 2.45) is 0 Å². The third-order valence-electron chi connectivity index (χ3n) is 5.22. The molecule has 3 heterocycles. The standard InChI is InChI=1S/C18H23N3O2/c22-12-13-5-3-6-14(11-13)17-19-18(23-20-17)15-7-4-10-21-9-2-1-8-16(15)21/h3,5-6,11,15-16,22H,1-2,4,7-10,12H2/t15-,16-/m1/s1. The molecule has 2 saturated heterocycles. The van der Waals surface area contributed by atoms with Gasteiger partial charge in [-0.3, -0.25) is 4.90 Å². The summed E-state index contributed by atoms with van der Waals surface area (Å²) in [5, 5.41) is 13.5. The van der Waals surface area contributed by atoms with Gasteiger partial charge in [-0.1, -0.05) is 29.8 Å². The summed E-state index contributed by atoms with van der Waals surface area (Å²) in [6, 6.07) is 8.25. The molecule has 122 valence electrons. The van der Waals surface area contributed by atoms with E-state index in [0.29, 0.717) is 17.8 Å². The van der Waals surface area contributed by atoms with Gasteiger partial charge in [0, 0.05) is 11.6 Å². The highest BCUT2D eigenvalue weighted by atomic mass is 16.5. The molecule has 0 aliphatic carbocycles. The van der Waals surface area contributed by atoms with Gasteiger partial charge in [0.15, 0.2) is 0 Å². The lowest BCUT2D eigenvalue weighted by Crippen LogP contribution is -2.46. The summed E-state index contributed by atoms with van der Waals surface area (Å²) in [6.45, 7) is 2.44. The van der Waals surface area contributed by atoms with E-state index in [-0.39, 0.29) is 6.61 Å². The Morgan fingerprint density at radius 2 is 2.09 bits per heavy atom. The molecule has 2 aliphatic heterocycles. The Balaban J connectivity index is 1.59. The zero-order valence-electron chi connectivity index (χ0n) is 13.3. The summed E-state index contributed by atoms with van der Waals surface area (Å²) >= 11 is 0. The quantitative estimate of drug-likeness (QED) is 0.944. The molecule has 0 saturated carbocycles. The van der Waals surface area contributed by atoms with E-state index >= 15 is 0 Å². The minimum atomic E-state index is 0.0260. The molecule has 0 bridgehead atoms. The smallest absolute Gasteiger partial charge is 0.231 e. The van der Waals surface area contributed by atoms with Crippen LogP contribution in [-0.4, -0.2) is 39.3 Å². The summed E-state index contributed by atoms with van der Waals surface area (Å²) in [7, 11) is 0. The normalized spacial score (nSPS) is 25.3. The van der Waals surface area contributed by atoms with Gasteiger partial charge in [-0.2, -0.15) is 4.98 Å². The number of hydrogen-bond acceptors (Lipinski definition) is 5. The lowest BCUT2D eigenvalue weighted by atomic mass is 9.83. The van der Waals surface area contributed by atoms with Gasteiger partial charge in [0.2, 0.25) is 11.7 Å². The van der Waals surface area contributed by atoms with E-state index in [0.717, 1.165) is 23.4 Å². The fraction of sp³-hybridized carbons (Fsp3) is 0.556. The molecule has 5 nitrogen and oxygen atoms in total. The lowest BCUT2D eigenvalue weighted by Gasteiger charge is -2.42. The first-order chi connectivity index (χ1) is 11.3. The highest BCUT2D eigenvalue weighted by Crippen LogP contribution is 2.37. The van der Waals surface area contributed by atoms with Crippen molar-refractivity contribution >= 4 is 0 Å². The summed E-state index contributed by atoms with van der Waals surface area (Å²) in [6.07, 6.45) is 6.20. The summed E-state index contributed by atoms with van der Waals surface area (Å²) in [5.41, 5.74) is 1.77. The zero-order valence-corrected chi connectivity index (χ0v) is 13.3. The van der Waals surface area contributed by atoms with Gasteiger partial charge < -0.3 is 9.63 Å². The molecule has 0 amide bonds. The number of rotatable bonds is 3. The van der Waals surface area contributed by atoms with Crippen LogP contribution in [0.2, 0.25) is 0 Å². The number of piperidine rings is 2. The van der Waals surface area contributed by atoms with E-state index in [2.05, 4.69) is 15.0 Å². The molecule has 1 aromatic carbocycles. The fourth-order valence-corrected chi connectivity index (χ4v) is 4.06. The summed E-state index contributed by atoms with van der Waals surface area (Å²) in [4.78, 5) is 7.29. The van der Waals surface area contributed by atoms with Gasteiger partial charge >= 0.3 is 0 Å².